The van der Waals surface area contributed by atoms with Crippen LogP contribution in [0.1, 0.15) is 31.2 Å². The number of carboxylic acid groups (broad SMARTS) is 1. The van der Waals surface area contributed by atoms with Gasteiger partial charge in [-0.25, -0.2) is 9.59 Å². The Hall–Kier alpha value is -3.88. The van der Waals surface area contributed by atoms with Gasteiger partial charge >= 0.3 is 24.5 Å². The zero-order valence-corrected chi connectivity index (χ0v) is 22.9. The number of carboxylic acids is 1. The summed E-state index contributed by atoms with van der Waals surface area (Å²) in [5, 5.41) is 12.8. The van der Waals surface area contributed by atoms with Crippen LogP contribution < -0.4 is 24.8 Å². The minimum atomic E-state index is -5.08. The highest BCUT2D eigenvalue weighted by molar-refractivity contribution is 5.89. The van der Waals surface area contributed by atoms with Gasteiger partial charge in [-0.2, -0.15) is 13.2 Å². The molecule has 232 valence electrons. The Bertz CT molecular complexity index is 1240. The van der Waals surface area contributed by atoms with E-state index in [9.17, 15) is 31.1 Å². The van der Waals surface area contributed by atoms with Crippen molar-refractivity contribution in [3.63, 3.8) is 0 Å². The normalized spacial score (nSPS) is 22.2. The lowest BCUT2D eigenvalue weighted by Crippen LogP contribution is -2.52. The maximum absolute atomic E-state index is 12.6. The number of nitrogens with zero attached hydrogens (tertiary/aromatic N) is 1. The van der Waals surface area contributed by atoms with Crippen LogP contribution in [0.15, 0.2) is 42.5 Å². The second-order valence-electron chi connectivity index (χ2n) is 9.92. The van der Waals surface area contributed by atoms with E-state index < -0.39 is 24.5 Å². The van der Waals surface area contributed by atoms with E-state index in [2.05, 4.69) is 39.5 Å². The molecule has 2 amide bonds. The number of methoxy groups -OCH3 is 2. The maximum atomic E-state index is 12.6. The van der Waals surface area contributed by atoms with E-state index in [0.717, 1.165) is 44.4 Å². The van der Waals surface area contributed by atoms with Gasteiger partial charge in [0.1, 0.15) is 5.75 Å². The van der Waals surface area contributed by atoms with E-state index in [1.165, 1.54) is 17.7 Å². The van der Waals surface area contributed by atoms with E-state index in [1.807, 2.05) is 6.07 Å². The molecule has 1 saturated heterocycles. The van der Waals surface area contributed by atoms with Crippen LogP contribution in [0.25, 0.3) is 0 Å². The van der Waals surface area contributed by atoms with Crippen molar-refractivity contribution in [3.8, 4) is 17.2 Å². The summed E-state index contributed by atoms with van der Waals surface area (Å²) in [7, 11) is 5.36. The molecule has 15 heteroatoms. The van der Waals surface area contributed by atoms with Crippen molar-refractivity contribution in [1.29, 1.82) is 0 Å². The molecule has 1 heterocycles. The molecule has 9 nitrogen and oxygen atoms in total. The topological polar surface area (TPSA) is 109 Å². The molecule has 2 fully saturated rings. The number of carbonyl (C=O) groups excluding carboxylic acids is 1. The average molecular weight is 608 g/mol. The number of anilines is 1. The van der Waals surface area contributed by atoms with E-state index in [0.29, 0.717) is 17.2 Å². The molecule has 3 atom stereocenters. The Labute approximate surface area is 237 Å². The minimum absolute atomic E-state index is 0.0262. The third kappa shape index (κ3) is 8.11. The van der Waals surface area contributed by atoms with Crippen LogP contribution in [0.4, 0.5) is 36.8 Å². The number of likely N-dealkylation sites (tertiary alicyclic amines) is 1. The fraction of sp³-hybridized carbons (Fsp3) is 0.481. The number of fused-ring (bicyclic) bond motifs is 1. The molecule has 1 aliphatic heterocycles. The standard InChI is InChI=1S/C25H30F3N3O4.C2HF3O2/c1-31-13-12-24(16-4-9-20(33-2)21(14-16)34-3)11-10-18(15-22(24)31)30-23(32)29-17-5-7-19(8-6-17)35-25(26,27)28;3-2(4,5)1(6)7/h4-9,14,18,22H,10-13,15H2,1-3H3,(H2,29,30,32);(H,6,7)/t18-,22+,24+;/m1./s1. The van der Waals surface area contributed by atoms with Crippen molar-refractivity contribution in [3.05, 3.63) is 48.0 Å². The molecule has 2 aromatic rings. The van der Waals surface area contributed by atoms with Crippen molar-refractivity contribution < 1.29 is 55.2 Å². The first-order chi connectivity index (χ1) is 19.6. The van der Waals surface area contributed by atoms with Gasteiger partial charge < -0.3 is 34.9 Å². The predicted octanol–water partition coefficient (Wildman–Crippen LogP) is 5.55. The third-order valence-electron chi connectivity index (χ3n) is 7.41. The van der Waals surface area contributed by atoms with Gasteiger partial charge in [0.2, 0.25) is 0 Å². The molecule has 1 saturated carbocycles. The lowest BCUT2D eigenvalue weighted by molar-refractivity contribution is -0.274. The van der Waals surface area contributed by atoms with Crippen molar-refractivity contribution in [2.45, 2.75) is 55.7 Å². The Morgan fingerprint density at radius 3 is 2.14 bits per heavy atom. The summed E-state index contributed by atoms with van der Waals surface area (Å²) in [6, 6.07) is 11.0. The molecule has 0 radical (unpaired) electrons. The Balaban J connectivity index is 0.000000616. The number of halogens is 6. The summed E-state index contributed by atoms with van der Waals surface area (Å²) in [6.45, 7) is 0.963. The fourth-order valence-electron chi connectivity index (χ4n) is 5.49. The van der Waals surface area contributed by atoms with Crippen LogP contribution in [-0.2, 0) is 10.2 Å². The number of carbonyl (C=O) groups is 2. The summed E-state index contributed by atoms with van der Waals surface area (Å²) in [6.07, 6.45) is -6.31. The van der Waals surface area contributed by atoms with Crippen LogP contribution in [0, 0.1) is 0 Å². The van der Waals surface area contributed by atoms with Gasteiger partial charge in [-0.1, -0.05) is 6.07 Å². The zero-order chi connectivity index (χ0) is 31.3. The SMILES string of the molecule is COc1ccc([C@@]23CC[C@@H](NC(=O)Nc4ccc(OC(F)(F)F)cc4)C[C@@H]2N(C)CC3)cc1OC.O=C(O)C(F)(F)F. The Morgan fingerprint density at radius 2 is 1.60 bits per heavy atom. The molecule has 42 heavy (non-hydrogen) atoms. The van der Waals surface area contributed by atoms with Gasteiger partial charge in [0.05, 0.1) is 14.2 Å². The molecule has 0 spiro atoms. The first-order valence-electron chi connectivity index (χ1n) is 12.7. The average Bonchev–Trinajstić information content (AvgIpc) is 3.25. The molecule has 2 aromatic carbocycles. The monoisotopic (exact) mass is 607 g/mol. The van der Waals surface area contributed by atoms with E-state index >= 15 is 0 Å². The zero-order valence-electron chi connectivity index (χ0n) is 22.9. The summed E-state index contributed by atoms with van der Waals surface area (Å²) in [5.74, 6) is -1.70. The van der Waals surface area contributed by atoms with Gasteiger partial charge in [0, 0.05) is 23.2 Å². The number of aliphatic carboxylic acids is 1. The summed E-state index contributed by atoms with van der Waals surface area (Å²) in [5.41, 5.74) is 1.57. The van der Waals surface area contributed by atoms with Gasteiger partial charge in [-0.3, -0.25) is 0 Å². The number of hydrogen-bond acceptors (Lipinski definition) is 6. The highest BCUT2D eigenvalue weighted by Crippen LogP contribution is 2.49. The second-order valence-corrected chi connectivity index (χ2v) is 9.92. The molecule has 2 aliphatic rings. The lowest BCUT2D eigenvalue weighted by atomic mass is 9.65. The summed E-state index contributed by atoms with van der Waals surface area (Å²) in [4.78, 5) is 23.8. The number of rotatable bonds is 6. The molecule has 0 bridgehead atoms. The minimum Gasteiger partial charge on any atom is -0.493 e. The van der Waals surface area contributed by atoms with Crippen molar-refractivity contribution in [1.82, 2.24) is 10.2 Å². The number of amides is 2. The largest absolute Gasteiger partial charge is 0.573 e. The van der Waals surface area contributed by atoms with E-state index in [1.54, 1.807) is 14.2 Å². The molecule has 0 aromatic heterocycles. The number of likely N-dealkylation sites (N-methyl/N-ethyl adjacent to an activating group) is 1. The molecular formula is C27H31F6N3O6. The molecule has 1 aliphatic carbocycles. The van der Waals surface area contributed by atoms with Crippen molar-refractivity contribution >= 4 is 17.7 Å². The Morgan fingerprint density at radius 1 is 0.976 bits per heavy atom. The number of hydrogen-bond donors (Lipinski definition) is 3. The fourth-order valence-corrected chi connectivity index (χ4v) is 5.49. The highest BCUT2D eigenvalue weighted by atomic mass is 19.4. The molecule has 0 unspecified atom stereocenters. The highest BCUT2D eigenvalue weighted by Gasteiger charge is 2.50. The van der Waals surface area contributed by atoms with Gasteiger partial charge in [-0.05, 0) is 81.2 Å². The van der Waals surface area contributed by atoms with Gasteiger partial charge in [0.25, 0.3) is 0 Å². The van der Waals surface area contributed by atoms with E-state index in [-0.39, 0.29) is 23.2 Å². The van der Waals surface area contributed by atoms with Gasteiger partial charge in [-0.15, -0.1) is 13.2 Å². The molecule has 3 N–H and O–H groups in total. The number of alkyl halides is 6. The maximum Gasteiger partial charge on any atom is 0.573 e. The van der Waals surface area contributed by atoms with Crippen LogP contribution in [0.5, 0.6) is 17.2 Å². The number of ether oxygens (including phenoxy) is 3. The van der Waals surface area contributed by atoms with Crippen molar-refractivity contribution in [2.24, 2.45) is 0 Å². The summed E-state index contributed by atoms with van der Waals surface area (Å²) < 4.78 is 83.5. The van der Waals surface area contributed by atoms with Crippen LogP contribution in [0.3, 0.4) is 0 Å². The second kappa shape index (κ2) is 13.0. The molecular weight excluding hydrogens is 576 g/mol. The molecule has 4 rings (SSSR count). The lowest BCUT2D eigenvalue weighted by Gasteiger charge is -2.45. The first kappa shape index (κ1) is 32.6. The van der Waals surface area contributed by atoms with Gasteiger partial charge in [0.15, 0.2) is 11.5 Å². The van der Waals surface area contributed by atoms with Crippen LogP contribution in [0.2, 0.25) is 0 Å². The van der Waals surface area contributed by atoms with Crippen LogP contribution in [-0.4, -0.2) is 74.4 Å². The predicted molar refractivity (Wildman–Crippen MR) is 139 cm³/mol. The van der Waals surface area contributed by atoms with E-state index in [4.69, 9.17) is 19.4 Å². The number of nitrogens with one attached hydrogen (secondary N) is 2. The summed E-state index contributed by atoms with van der Waals surface area (Å²) >= 11 is 0. The Kier molecular flexibility index (Phi) is 10.1. The number of benzene rings is 2. The smallest absolute Gasteiger partial charge is 0.493 e. The first-order valence-corrected chi connectivity index (χ1v) is 12.7. The van der Waals surface area contributed by atoms with Crippen LogP contribution >= 0.6 is 0 Å². The number of urea groups is 1. The quantitative estimate of drug-likeness (QED) is 0.370. The third-order valence-corrected chi connectivity index (χ3v) is 7.41. The van der Waals surface area contributed by atoms with Crippen molar-refractivity contribution in [2.75, 3.05) is 33.1 Å².